The van der Waals surface area contributed by atoms with Crippen LogP contribution in [0.1, 0.15) is 49.1 Å². The third kappa shape index (κ3) is 3.84. The molecule has 3 heterocycles. The number of hydrogen-bond acceptors (Lipinski definition) is 2. The maximum atomic E-state index is 4.67. The summed E-state index contributed by atoms with van der Waals surface area (Å²) in [4.78, 5) is 0. The Labute approximate surface area is 172 Å². The third-order valence-corrected chi connectivity index (χ3v) is 6.55. The van der Waals surface area contributed by atoms with Gasteiger partial charge in [0, 0.05) is 36.1 Å². The van der Waals surface area contributed by atoms with E-state index in [0.29, 0.717) is 5.92 Å². The van der Waals surface area contributed by atoms with Crippen molar-refractivity contribution in [1.82, 2.24) is 19.4 Å². The van der Waals surface area contributed by atoms with E-state index in [-0.39, 0.29) is 0 Å². The molecule has 5 rings (SSSR count). The Hall–Kier alpha value is -2.88. The lowest BCUT2D eigenvalue weighted by atomic mass is 9.77. The molecule has 4 aromatic rings. The molecule has 0 bridgehead atoms. The molecule has 3 aromatic heterocycles. The number of pyridine rings is 1. The second-order valence-electron chi connectivity index (χ2n) is 8.49. The fourth-order valence-corrected chi connectivity index (χ4v) is 4.84. The number of benzene rings is 1. The largest absolute Gasteiger partial charge is 0.275 e. The third-order valence-electron chi connectivity index (χ3n) is 6.55. The second-order valence-corrected chi connectivity index (χ2v) is 8.49. The van der Waals surface area contributed by atoms with E-state index in [1.54, 1.807) is 0 Å². The Bertz CT molecular complexity index is 1080. The van der Waals surface area contributed by atoms with Gasteiger partial charge in [0.25, 0.3) is 0 Å². The van der Waals surface area contributed by atoms with Crippen molar-refractivity contribution < 1.29 is 0 Å². The van der Waals surface area contributed by atoms with Crippen molar-refractivity contribution in [3.8, 4) is 11.1 Å². The molecule has 0 amide bonds. The number of nitrogens with zero attached hydrogens (tertiary/aromatic N) is 4. The molecule has 0 spiro atoms. The van der Waals surface area contributed by atoms with Crippen LogP contribution in [0.25, 0.3) is 16.6 Å². The molecular weight excluding hydrogens is 356 g/mol. The highest BCUT2D eigenvalue weighted by atomic mass is 15.2. The molecule has 0 aliphatic heterocycles. The van der Waals surface area contributed by atoms with Crippen LogP contribution in [0, 0.1) is 5.92 Å². The van der Waals surface area contributed by atoms with Crippen LogP contribution in [-0.4, -0.2) is 19.4 Å². The number of aryl methyl sites for hydroxylation is 2. The molecule has 4 nitrogen and oxygen atoms in total. The van der Waals surface area contributed by atoms with Gasteiger partial charge in [0.2, 0.25) is 0 Å². The molecule has 4 heteroatoms. The van der Waals surface area contributed by atoms with Gasteiger partial charge in [-0.3, -0.25) is 4.68 Å². The predicted octanol–water partition coefficient (Wildman–Crippen LogP) is 5.64. The summed E-state index contributed by atoms with van der Waals surface area (Å²) in [6, 6.07) is 15.3. The van der Waals surface area contributed by atoms with Crippen LogP contribution < -0.4 is 0 Å². The first kappa shape index (κ1) is 18.2. The summed E-state index contributed by atoms with van der Waals surface area (Å²) in [5.74, 6) is 1.51. The number of fused-ring (bicyclic) bond motifs is 1. The van der Waals surface area contributed by atoms with Gasteiger partial charge in [-0.25, -0.2) is 4.52 Å². The van der Waals surface area contributed by atoms with Crippen molar-refractivity contribution in [3.05, 3.63) is 78.4 Å². The summed E-state index contributed by atoms with van der Waals surface area (Å²) in [5, 5.41) is 8.95. The summed E-state index contributed by atoms with van der Waals surface area (Å²) in [7, 11) is 1.95. The molecule has 1 aliphatic carbocycles. The van der Waals surface area contributed by atoms with E-state index < -0.39 is 0 Å². The highest BCUT2D eigenvalue weighted by Crippen LogP contribution is 2.39. The minimum atomic E-state index is 0.643. The molecule has 1 aromatic carbocycles. The van der Waals surface area contributed by atoms with Crippen molar-refractivity contribution >= 4 is 5.52 Å². The highest BCUT2D eigenvalue weighted by Gasteiger charge is 2.24. The first-order chi connectivity index (χ1) is 14.3. The molecular formula is C25H28N4. The van der Waals surface area contributed by atoms with Gasteiger partial charge in [0.05, 0.1) is 17.9 Å². The zero-order valence-corrected chi connectivity index (χ0v) is 17.0. The Morgan fingerprint density at radius 1 is 0.862 bits per heavy atom. The van der Waals surface area contributed by atoms with Gasteiger partial charge in [-0.1, -0.05) is 36.4 Å². The average molecular weight is 385 g/mol. The minimum absolute atomic E-state index is 0.643. The maximum Gasteiger partial charge on any atom is 0.0696 e. The lowest BCUT2D eigenvalue weighted by Crippen LogP contribution is -2.14. The van der Waals surface area contributed by atoms with Crippen molar-refractivity contribution in [2.75, 3.05) is 0 Å². The van der Waals surface area contributed by atoms with E-state index in [4.69, 9.17) is 0 Å². The Morgan fingerprint density at radius 3 is 2.45 bits per heavy atom. The first-order valence-corrected chi connectivity index (χ1v) is 10.8. The van der Waals surface area contributed by atoms with Crippen molar-refractivity contribution in [3.63, 3.8) is 0 Å². The molecule has 148 valence electrons. The Balaban J connectivity index is 1.25. The van der Waals surface area contributed by atoms with Crippen LogP contribution in [0.5, 0.6) is 0 Å². The fourth-order valence-electron chi connectivity index (χ4n) is 4.84. The monoisotopic (exact) mass is 384 g/mol. The summed E-state index contributed by atoms with van der Waals surface area (Å²) < 4.78 is 3.88. The number of rotatable bonds is 5. The van der Waals surface area contributed by atoms with Crippen molar-refractivity contribution in [1.29, 1.82) is 0 Å². The van der Waals surface area contributed by atoms with Crippen molar-refractivity contribution in [2.45, 2.75) is 44.4 Å². The van der Waals surface area contributed by atoms with E-state index in [1.807, 2.05) is 28.6 Å². The van der Waals surface area contributed by atoms with Crippen LogP contribution in [-0.2, 0) is 13.5 Å². The summed E-state index contributed by atoms with van der Waals surface area (Å²) in [5.41, 5.74) is 6.44. The van der Waals surface area contributed by atoms with Gasteiger partial charge >= 0.3 is 0 Å². The van der Waals surface area contributed by atoms with E-state index in [0.717, 1.165) is 17.0 Å². The quantitative estimate of drug-likeness (QED) is 0.446. The number of aromatic nitrogens is 4. The summed E-state index contributed by atoms with van der Waals surface area (Å²) >= 11 is 0. The predicted molar refractivity (Wildman–Crippen MR) is 117 cm³/mol. The van der Waals surface area contributed by atoms with E-state index in [9.17, 15) is 0 Å². The van der Waals surface area contributed by atoms with E-state index in [1.165, 1.54) is 55.2 Å². The highest BCUT2D eigenvalue weighted by molar-refractivity contribution is 5.66. The van der Waals surface area contributed by atoms with Gasteiger partial charge in [-0.05, 0) is 62.0 Å². The molecule has 0 unspecified atom stereocenters. The van der Waals surface area contributed by atoms with Crippen LogP contribution in [0.3, 0.4) is 0 Å². The zero-order chi connectivity index (χ0) is 19.6. The molecule has 1 fully saturated rings. The fraction of sp³-hybridized carbons (Fsp3) is 0.360. The molecule has 29 heavy (non-hydrogen) atoms. The average Bonchev–Trinajstić information content (AvgIpc) is 3.39. The zero-order valence-electron chi connectivity index (χ0n) is 17.0. The number of hydrogen-bond donors (Lipinski definition) is 0. The Kier molecular flexibility index (Phi) is 4.92. The van der Waals surface area contributed by atoms with Crippen LogP contribution in [0.15, 0.2) is 67.3 Å². The summed E-state index contributed by atoms with van der Waals surface area (Å²) in [6.07, 6.45) is 15.9. The Morgan fingerprint density at radius 2 is 1.69 bits per heavy atom. The molecule has 0 saturated heterocycles. The van der Waals surface area contributed by atoms with E-state index >= 15 is 0 Å². The SMILES string of the molecule is Cn1cc(-c2ccc3c(C4CCC(CCc5ccccc5)CC4)cnn3c2)cn1. The standard InChI is InChI=1S/C25H28N4/c1-28-17-23(15-26-28)22-13-14-25-24(16-27-29(25)18-22)21-11-9-20(10-12-21)8-7-19-5-3-2-4-6-19/h2-6,13-18,20-21H,7-12H2,1H3. The minimum Gasteiger partial charge on any atom is -0.275 e. The molecule has 1 saturated carbocycles. The maximum absolute atomic E-state index is 4.67. The summed E-state index contributed by atoms with van der Waals surface area (Å²) in [6.45, 7) is 0. The van der Waals surface area contributed by atoms with E-state index in [2.05, 4.69) is 65.1 Å². The molecule has 0 atom stereocenters. The van der Waals surface area contributed by atoms with Crippen LogP contribution >= 0.6 is 0 Å². The topological polar surface area (TPSA) is 35.1 Å². The first-order valence-electron chi connectivity index (χ1n) is 10.8. The molecule has 1 aliphatic rings. The van der Waals surface area contributed by atoms with Crippen molar-refractivity contribution in [2.24, 2.45) is 13.0 Å². The van der Waals surface area contributed by atoms with Gasteiger partial charge in [-0.2, -0.15) is 10.2 Å². The van der Waals surface area contributed by atoms with Gasteiger partial charge in [-0.15, -0.1) is 0 Å². The molecule has 0 radical (unpaired) electrons. The van der Waals surface area contributed by atoms with Gasteiger partial charge < -0.3 is 0 Å². The van der Waals surface area contributed by atoms with Crippen LogP contribution in [0.2, 0.25) is 0 Å². The lowest BCUT2D eigenvalue weighted by Gasteiger charge is -2.28. The lowest BCUT2D eigenvalue weighted by molar-refractivity contribution is 0.311. The van der Waals surface area contributed by atoms with Gasteiger partial charge in [0.15, 0.2) is 0 Å². The second kappa shape index (κ2) is 7.86. The van der Waals surface area contributed by atoms with Gasteiger partial charge in [0.1, 0.15) is 0 Å². The molecule has 0 N–H and O–H groups in total. The normalized spacial score (nSPS) is 19.6. The smallest absolute Gasteiger partial charge is 0.0696 e. The van der Waals surface area contributed by atoms with Crippen LogP contribution in [0.4, 0.5) is 0 Å².